The molecule has 1 aromatic carbocycles. The molecule has 1 atom stereocenters. The van der Waals surface area contributed by atoms with E-state index in [0.29, 0.717) is 18.1 Å². The molecular weight excluding hydrogens is 354 g/mol. The SMILES string of the molecule is Cc1ccc(Sc2ccc(C3CC(=O)NCc4nc(N)sc43)o2)cc1. The summed E-state index contributed by atoms with van der Waals surface area (Å²) in [6.07, 6.45) is 0.344. The van der Waals surface area contributed by atoms with Crippen molar-refractivity contribution in [2.45, 2.75) is 35.8 Å². The summed E-state index contributed by atoms with van der Waals surface area (Å²) in [5.41, 5.74) is 7.93. The largest absolute Gasteiger partial charge is 0.454 e. The van der Waals surface area contributed by atoms with Gasteiger partial charge in [-0.2, -0.15) is 0 Å². The Morgan fingerprint density at radius 3 is 2.88 bits per heavy atom. The van der Waals surface area contributed by atoms with Crippen LogP contribution in [0.25, 0.3) is 0 Å². The topological polar surface area (TPSA) is 81.2 Å². The van der Waals surface area contributed by atoms with Crippen LogP contribution in [0.5, 0.6) is 0 Å². The van der Waals surface area contributed by atoms with E-state index in [-0.39, 0.29) is 11.8 Å². The van der Waals surface area contributed by atoms with Gasteiger partial charge in [0.2, 0.25) is 5.91 Å². The van der Waals surface area contributed by atoms with Crippen LogP contribution >= 0.6 is 23.1 Å². The summed E-state index contributed by atoms with van der Waals surface area (Å²) < 4.78 is 6.05. The Balaban J connectivity index is 1.62. The zero-order valence-corrected chi connectivity index (χ0v) is 15.2. The van der Waals surface area contributed by atoms with E-state index in [2.05, 4.69) is 41.5 Å². The van der Waals surface area contributed by atoms with Crippen molar-refractivity contribution in [1.29, 1.82) is 0 Å². The second-order valence-corrected chi connectivity index (χ2v) is 8.11. The monoisotopic (exact) mass is 371 g/mol. The van der Waals surface area contributed by atoms with Crippen molar-refractivity contribution >= 4 is 34.1 Å². The molecule has 2 aromatic heterocycles. The molecule has 0 spiro atoms. The van der Waals surface area contributed by atoms with E-state index in [4.69, 9.17) is 10.2 Å². The normalized spacial score (nSPS) is 17.0. The van der Waals surface area contributed by atoms with Crippen molar-refractivity contribution in [3.8, 4) is 0 Å². The second kappa shape index (κ2) is 6.57. The predicted octanol–water partition coefficient (Wildman–Crippen LogP) is 3.93. The molecule has 1 aliphatic rings. The van der Waals surface area contributed by atoms with Crippen molar-refractivity contribution in [2.75, 3.05) is 5.73 Å². The van der Waals surface area contributed by atoms with Crippen LogP contribution in [-0.2, 0) is 11.3 Å². The number of anilines is 1. The number of aromatic nitrogens is 1. The maximum atomic E-state index is 12.0. The smallest absolute Gasteiger partial charge is 0.221 e. The molecule has 4 rings (SSSR count). The van der Waals surface area contributed by atoms with E-state index in [1.165, 1.54) is 16.9 Å². The van der Waals surface area contributed by atoms with Crippen LogP contribution < -0.4 is 11.1 Å². The van der Waals surface area contributed by atoms with E-state index < -0.39 is 0 Å². The van der Waals surface area contributed by atoms with Crippen LogP contribution in [-0.4, -0.2) is 10.9 Å². The summed E-state index contributed by atoms with van der Waals surface area (Å²) in [7, 11) is 0. The lowest BCUT2D eigenvalue weighted by Gasteiger charge is -2.09. The molecule has 1 amide bonds. The Bertz CT molecular complexity index is 915. The van der Waals surface area contributed by atoms with Crippen LogP contribution in [0.15, 0.2) is 50.8 Å². The number of carbonyl (C=O) groups excluding carboxylic acids is 1. The lowest BCUT2D eigenvalue weighted by molar-refractivity contribution is -0.121. The Hall–Kier alpha value is -2.25. The highest BCUT2D eigenvalue weighted by Crippen LogP contribution is 2.40. The molecular formula is C18H17N3O2S2. The molecule has 0 aliphatic carbocycles. The van der Waals surface area contributed by atoms with Crippen molar-refractivity contribution in [2.24, 2.45) is 0 Å². The third kappa shape index (κ3) is 3.43. The number of aryl methyl sites for hydroxylation is 1. The molecule has 0 radical (unpaired) electrons. The van der Waals surface area contributed by atoms with Crippen LogP contribution in [0, 0.1) is 6.92 Å². The number of nitrogens with zero attached hydrogens (tertiary/aromatic N) is 1. The quantitative estimate of drug-likeness (QED) is 0.729. The molecule has 25 heavy (non-hydrogen) atoms. The minimum absolute atomic E-state index is 0.00194. The molecule has 7 heteroatoms. The Morgan fingerprint density at radius 1 is 1.28 bits per heavy atom. The number of hydrogen-bond donors (Lipinski definition) is 2. The van der Waals surface area contributed by atoms with Crippen LogP contribution in [0.2, 0.25) is 0 Å². The van der Waals surface area contributed by atoms with Crippen LogP contribution in [0.3, 0.4) is 0 Å². The highest BCUT2D eigenvalue weighted by Gasteiger charge is 2.29. The maximum Gasteiger partial charge on any atom is 0.221 e. The molecule has 3 aromatic rings. The first-order valence-corrected chi connectivity index (χ1v) is 9.58. The van der Waals surface area contributed by atoms with Crippen molar-refractivity contribution in [1.82, 2.24) is 10.3 Å². The summed E-state index contributed by atoms with van der Waals surface area (Å²) in [6.45, 7) is 2.49. The molecule has 0 fully saturated rings. The minimum atomic E-state index is -0.139. The van der Waals surface area contributed by atoms with Crippen molar-refractivity contribution < 1.29 is 9.21 Å². The van der Waals surface area contributed by atoms with Gasteiger partial charge in [-0.1, -0.05) is 29.5 Å². The number of fused-ring (bicyclic) bond motifs is 1. The summed E-state index contributed by atoms with van der Waals surface area (Å²) in [5, 5.41) is 4.20. The van der Waals surface area contributed by atoms with Crippen LogP contribution in [0.4, 0.5) is 5.13 Å². The number of furan rings is 1. The minimum Gasteiger partial charge on any atom is -0.454 e. The van der Waals surface area contributed by atoms with Crippen molar-refractivity contribution in [3.63, 3.8) is 0 Å². The van der Waals surface area contributed by atoms with E-state index >= 15 is 0 Å². The summed E-state index contributed by atoms with van der Waals surface area (Å²) in [5.74, 6) is 0.633. The van der Waals surface area contributed by atoms with Crippen LogP contribution in [0.1, 0.15) is 34.2 Å². The van der Waals surface area contributed by atoms with Gasteiger partial charge in [-0.15, -0.1) is 11.3 Å². The number of nitrogen functional groups attached to an aromatic ring is 1. The van der Waals surface area contributed by atoms with Gasteiger partial charge in [-0.3, -0.25) is 4.79 Å². The Morgan fingerprint density at radius 2 is 2.08 bits per heavy atom. The number of thiazole rings is 1. The third-order valence-corrected chi connectivity index (χ3v) is 6.06. The zero-order chi connectivity index (χ0) is 17.4. The average Bonchev–Trinajstić information content (AvgIpc) is 3.16. The maximum absolute atomic E-state index is 12.0. The summed E-state index contributed by atoms with van der Waals surface area (Å²) in [6, 6.07) is 12.2. The van der Waals surface area contributed by atoms with Gasteiger partial charge in [0.15, 0.2) is 10.2 Å². The van der Waals surface area contributed by atoms with Gasteiger partial charge in [-0.25, -0.2) is 4.98 Å². The summed E-state index contributed by atoms with van der Waals surface area (Å²) >= 11 is 3.00. The van der Waals surface area contributed by atoms with Gasteiger partial charge in [0.25, 0.3) is 0 Å². The number of hydrogen-bond acceptors (Lipinski definition) is 6. The van der Waals surface area contributed by atoms with E-state index in [1.807, 2.05) is 12.1 Å². The molecule has 0 saturated heterocycles. The molecule has 3 heterocycles. The van der Waals surface area contributed by atoms with E-state index in [0.717, 1.165) is 26.3 Å². The highest BCUT2D eigenvalue weighted by molar-refractivity contribution is 7.99. The fraction of sp³-hybridized carbons (Fsp3) is 0.222. The number of amides is 1. The first-order valence-electron chi connectivity index (χ1n) is 7.94. The van der Waals surface area contributed by atoms with Gasteiger partial charge in [0.05, 0.1) is 18.2 Å². The average molecular weight is 371 g/mol. The fourth-order valence-corrected chi connectivity index (χ4v) is 4.58. The van der Waals surface area contributed by atoms with Gasteiger partial charge >= 0.3 is 0 Å². The number of nitrogens with one attached hydrogen (secondary N) is 1. The zero-order valence-electron chi connectivity index (χ0n) is 13.6. The van der Waals surface area contributed by atoms with Crippen molar-refractivity contribution in [3.05, 3.63) is 58.3 Å². The molecule has 128 valence electrons. The first-order chi connectivity index (χ1) is 12.1. The van der Waals surface area contributed by atoms with Gasteiger partial charge in [0.1, 0.15) is 5.76 Å². The molecule has 0 saturated carbocycles. The first kappa shape index (κ1) is 16.2. The molecule has 1 unspecified atom stereocenters. The number of nitrogens with two attached hydrogens (primary N) is 1. The van der Waals surface area contributed by atoms with Gasteiger partial charge < -0.3 is 15.5 Å². The fourth-order valence-electron chi connectivity index (χ4n) is 2.84. The molecule has 0 bridgehead atoms. The lowest BCUT2D eigenvalue weighted by atomic mass is 10.00. The summed E-state index contributed by atoms with van der Waals surface area (Å²) in [4.78, 5) is 18.5. The lowest BCUT2D eigenvalue weighted by Crippen LogP contribution is -2.21. The standard InChI is InChI=1S/C18H17N3O2S2/c1-10-2-4-11(5-3-10)24-16-7-6-14(23-16)12-8-15(22)20-9-13-17(12)25-18(19)21-13/h2-7,12H,8-9H2,1H3,(H2,19,21)(H,20,22). The Labute approximate surface area is 153 Å². The van der Waals surface area contributed by atoms with E-state index in [9.17, 15) is 4.79 Å². The highest BCUT2D eigenvalue weighted by atomic mass is 32.2. The predicted molar refractivity (Wildman–Crippen MR) is 98.8 cm³/mol. The number of benzene rings is 1. The Kier molecular flexibility index (Phi) is 4.27. The molecule has 5 nitrogen and oxygen atoms in total. The number of carbonyl (C=O) groups is 1. The molecule has 3 N–H and O–H groups in total. The van der Waals surface area contributed by atoms with Gasteiger partial charge in [0, 0.05) is 16.2 Å². The number of rotatable bonds is 3. The second-order valence-electron chi connectivity index (χ2n) is 5.97. The van der Waals surface area contributed by atoms with Gasteiger partial charge in [-0.05, 0) is 31.2 Å². The molecule has 1 aliphatic heterocycles. The third-order valence-electron chi connectivity index (χ3n) is 4.09. The van der Waals surface area contributed by atoms with E-state index in [1.54, 1.807) is 11.8 Å².